The van der Waals surface area contributed by atoms with Crippen molar-refractivity contribution in [1.29, 1.82) is 0 Å². The number of aromatic nitrogens is 3. The van der Waals surface area contributed by atoms with E-state index in [0.717, 1.165) is 59.5 Å². The Labute approximate surface area is 205 Å². The number of halogens is 3. The Morgan fingerprint density at radius 1 is 1.14 bits per heavy atom. The van der Waals surface area contributed by atoms with Gasteiger partial charge in [0.2, 0.25) is 5.82 Å². The van der Waals surface area contributed by atoms with E-state index in [2.05, 4.69) is 30.5 Å². The van der Waals surface area contributed by atoms with Crippen LogP contribution in [0.25, 0.3) is 10.6 Å². The van der Waals surface area contributed by atoms with E-state index in [1.165, 1.54) is 0 Å². The Morgan fingerprint density at radius 2 is 1.83 bits per heavy atom. The molecule has 1 aliphatic rings. The lowest BCUT2D eigenvalue weighted by atomic mass is 10.0. The van der Waals surface area contributed by atoms with Gasteiger partial charge in [0.25, 0.3) is 5.91 Å². The average Bonchev–Trinajstić information content (AvgIpc) is 3.29. The monoisotopic (exact) mass is 504 g/mol. The summed E-state index contributed by atoms with van der Waals surface area (Å²) in [6.07, 6.45) is 1.37. The van der Waals surface area contributed by atoms with Gasteiger partial charge in [0.15, 0.2) is 0 Å². The number of aryl methyl sites for hydroxylation is 1. The largest absolute Gasteiger partial charge is 0.451 e. The summed E-state index contributed by atoms with van der Waals surface area (Å²) in [6, 6.07) is 5.45. The molecule has 0 aliphatic carbocycles. The van der Waals surface area contributed by atoms with Crippen molar-refractivity contribution in [3.8, 4) is 10.6 Å². The van der Waals surface area contributed by atoms with E-state index in [1.54, 1.807) is 30.5 Å². The van der Waals surface area contributed by atoms with Gasteiger partial charge in [0.05, 0.1) is 6.04 Å². The van der Waals surface area contributed by atoms with Crippen LogP contribution in [-0.2, 0) is 6.18 Å². The summed E-state index contributed by atoms with van der Waals surface area (Å²) in [5.41, 5.74) is 2.59. The molecule has 1 aliphatic heterocycles. The SMILES string of the molecule is Cc1cnc(-c2cc(C(=O)N[C@H](C)c3cnc(C(F)(F)F)nc3)cc(N(C)C3CCNCC3)c2)s1. The van der Waals surface area contributed by atoms with Crippen LogP contribution in [-0.4, -0.2) is 47.0 Å². The Kier molecular flexibility index (Phi) is 7.36. The Balaban J connectivity index is 1.60. The van der Waals surface area contributed by atoms with E-state index >= 15 is 0 Å². The van der Waals surface area contributed by atoms with Crippen LogP contribution in [0.3, 0.4) is 0 Å². The molecule has 186 valence electrons. The number of carbonyl (C=O) groups is 1. The predicted octanol–water partition coefficient (Wildman–Crippen LogP) is 4.61. The van der Waals surface area contributed by atoms with Crippen molar-refractivity contribution in [2.24, 2.45) is 0 Å². The summed E-state index contributed by atoms with van der Waals surface area (Å²) >= 11 is 1.55. The molecule has 3 aromatic rings. The summed E-state index contributed by atoms with van der Waals surface area (Å²) in [5.74, 6) is -1.55. The van der Waals surface area contributed by atoms with E-state index in [1.807, 2.05) is 26.1 Å². The maximum Gasteiger partial charge on any atom is 0.451 e. The zero-order valence-electron chi connectivity index (χ0n) is 19.7. The number of rotatable bonds is 6. The highest BCUT2D eigenvalue weighted by Gasteiger charge is 2.34. The van der Waals surface area contributed by atoms with Crippen LogP contribution >= 0.6 is 11.3 Å². The van der Waals surface area contributed by atoms with E-state index < -0.39 is 18.0 Å². The van der Waals surface area contributed by atoms with Crippen LogP contribution in [0.15, 0.2) is 36.8 Å². The summed E-state index contributed by atoms with van der Waals surface area (Å²) < 4.78 is 38.3. The van der Waals surface area contributed by atoms with Crippen LogP contribution in [0.4, 0.5) is 18.9 Å². The maximum absolute atomic E-state index is 13.2. The van der Waals surface area contributed by atoms with Gasteiger partial charge in [-0.15, -0.1) is 11.3 Å². The number of hydrogen-bond acceptors (Lipinski definition) is 7. The van der Waals surface area contributed by atoms with Gasteiger partial charge in [0, 0.05) is 58.9 Å². The van der Waals surface area contributed by atoms with Crippen molar-refractivity contribution >= 4 is 22.9 Å². The topological polar surface area (TPSA) is 83.0 Å². The molecule has 2 N–H and O–H groups in total. The first kappa shape index (κ1) is 25.1. The van der Waals surface area contributed by atoms with Gasteiger partial charge >= 0.3 is 6.18 Å². The fraction of sp³-hybridized carbons (Fsp3) is 0.417. The molecule has 0 bridgehead atoms. The van der Waals surface area contributed by atoms with E-state index in [9.17, 15) is 18.0 Å². The number of thiazole rings is 1. The number of nitrogens with zero attached hydrogens (tertiary/aromatic N) is 4. The van der Waals surface area contributed by atoms with Crippen molar-refractivity contribution in [1.82, 2.24) is 25.6 Å². The van der Waals surface area contributed by atoms with Gasteiger partial charge in [-0.2, -0.15) is 13.2 Å². The smallest absolute Gasteiger partial charge is 0.371 e. The Morgan fingerprint density at radius 3 is 2.43 bits per heavy atom. The number of hydrogen-bond donors (Lipinski definition) is 2. The zero-order valence-corrected chi connectivity index (χ0v) is 20.5. The summed E-state index contributed by atoms with van der Waals surface area (Å²) in [5, 5.41) is 7.04. The third kappa shape index (κ3) is 5.96. The molecule has 2 aromatic heterocycles. The van der Waals surface area contributed by atoms with Crippen LogP contribution in [0.1, 0.15) is 52.4 Å². The summed E-state index contributed by atoms with van der Waals surface area (Å²) in [4.78, 5) is 27.8. The third-order valence-electron chi connectivity index (χ3n) is 6.08. The fourth-order valence-corrected chi connectivity index (χ4v) is 4.79. The second-order valence-corrected chi connectivity index (χ2v) is 9.90. The lowest BCUT2D eigenvalue weighted by Crippen LogP contribution is -2.41. The fourth-order valence-electron chi connectivity index (χ4n) is 4.03. The summed E-state index contributed by atoms with van der Waals surface area (Å²) in [6.45, 7) is 5.55. The molecule has 35 heavy (non-hydrogen) atoms. The molecular weight excluding hydrogens is 477 g/mol. The minimum Gasteiger partial charge on any atom is -0.371 e. The van der Waals surface area contributed by atoms with Crippen molar-refractivity contribution in [2.45, 2.75) is 44.9 Å². The molecule has 3 heterocycles. The van der Waals surface area contributed by atoms with Crippen LogP contribution < -0.4 is 15.5 Å². The van der Waals surface area contributed by atoms with Crippen molar-refractivity contribution in [2.75, 3.05) is 25.0 Å². The van der Waals surface area contributed by atoms with E-state index in [4.69, 9.17) is 0 Å². The number of carbonyl (C=O) groups excluding carboxylic acids is 1. The highest BCUT2D eigenvalue weighted by Crippen LogP contribution is 2.31. The van der Waals surface area contributed by atoms with E-state index in [0.29, 0.717) is 17.2 Å². The number of amides is 1. The third-order valence-corrected chi connectivity index (χ3v) is 7.05. The predicted molar refractivity (Wildman–Crippen MR) is 129 cm³/mol. The number of nitrogens with one attached hydrogen (secondary N) is 2. The van der Waals surface area contributed by atoms with Gasteiger partial charge in [-0.25, -0.2) is 15.0 Å². The first-order valence-electron chi connectivity index (χ1n) is 11.3. The minimum absolute atomic E-state index is 0.340. The molecule has 0 saturated carbocycles. The van der Waals surface area contributed by atoms with Crippen LogP contribution in [0.2, 0.25) is 0 Å². The maximum atomic E-state index is 13.2. The highest BCUT2D eigenvalue weighted by atomic mass is 32.1. The molecule has 7 nitrogen and oxygen atoms in total. The number of piperidine rings is 1. The number of benzene rings is 1. The second kappa shape index (κ2) is 10.3. The van der Waals surface area contributed by atoms with Gasteiger partial charge in [-0.1, -0.05) is 0 Å². The van der Waals surface area contributed by atoms with Gasteiger partial charge in [-0.3, -0.25) is 4.79 Å². The normalized spacial score (nSPS) is 15.6. The molecule has 0 spiro atoms. The molecule has 4 rings (SSSR count). The molecule has 0 unspecified atom stereocenters. The van der Waals surface area contributed by atoms with Crippen molar-refractivity contribution in [3.63, 3.8) is 0 Å². The Bertz CT molecular complexity index is 1170. The Hall–Kier alpha value is -3.05. The summed E-state index contributed by atoms with van der Waals surface area (Å²) in [7, 11) is 2.03. The molecule has 1 saturated heterocycles. The lowest BCUT2D eigenvalue weighted by Gasteiger charge is -2.33. The lowest BCUT2D eigenvalue weighted by molar-refractivity contribution is -0.145. The molecule has 0 radical (unpaired) electrons. The van der Waals surface area contributed by atoms with Gasteiger partial charge in [-0.05, 0) is 58.0 Å². The first-order chi connectivity index (χ1) is 16.6. The van der Waals surface area contributed by atoms with Crippen molar-refractivity contribution < 1.29 is 18.0 Å². The second-order valence-electron chi connectivity index (χ2n) is 8.67. The van der Waals surface area contributed by atoms with Gasteiger partial charge < -0.3 is 15.5 Å². The highest BCUT2D eigenvalue weighted by molar-refractivity contribution is 7.14. The number of alkyl halides is 3. The zero-order chi connectivity index (χ0) is 25.2. The van der Waals surface area contributed by atoms with E-state index in [-0.39, 0.29) is 5.91 Å². The first-order valence-corrected chi connectivity index (χ1v) is 12.1. The van der Waals surface area contributed by atoms with Crippen LogP contribution in [0, 0.1) is 6.92 Å². The molecule has 1 aromatic carbocycles. The average molecular weight is 505 g/mol. The van der Waals surface area contributed by atoms with Gasteiger partial charge in [0.1, 0.15) is 5.01 Å². The molecular formula is C24H27F3N6OS. The standard InChI is InChI=1S/C24H27F3N6OS/c1-14-11-29-22(35-14)17-8-16(9-20(10-17)33(3)19-4-6-28-7-5-19)21(34)32-15(2)18-12-30-23(31-13-18)24(25,26)27/h8-13,15,19,28H,4-7H2,1-3H3,(H,32,34)/t15-/m1/s1. The molecule has 1 fully saturated rings. The van der Waals surface area contributed by atoms with Crippen molar-refractivity contribution in [3.05, 3.63) is 58.6 Å². The molecule has 1 amide bonds. The molecule has 1 atom stereocenters. The van der Waals surface area contributed by atoms with Crippen LogP contribution in [0.5, 0.6) is 0 Å². The number of anilines is 1. The quantitative estimate of drug-likeness (QED) is 0.510. The minimum atomic E-state index is -4.61. The molecule has 11 heteroatoms.